The van der Waals surface area contributed by atoms with Gasteiger partial charge in [-0.2, -0.15) is 0 Å². The molecule has 0 aromatic rings. The van der Waals surface area contributed by atoms with Crippen LogP contribution in [0.25, 0.3) is 0 Å². The van der Waals surface area contributed by atoms with Crippen LogP contribution in [0.15, 0.2) is 0 Å². The number of carbonyl (C=O) groups is 1. The molecule has 1 amide bonds. The van der Waals surface area contributed by atoms with Crippen LogP contribution in [-0.4, -0.2) is 62.0 Å². The lowest BCUT2D eigenvalue weighted by molar-refractivity contribution is -0.132. The van der Waals surface area contributed by atoms with E-state index in [1.807, 2.05) is 11.9 Å². The predicted octanol–water partition coefficient (Wildman–Crippen LogP) is 0.929. The highest BCUT2D eigenvalue weighted by Gasteiger charge is 2.40. The summed E-state index contributed by atoms with van der Waals surface area (Å²) in [5.41, 5.74) is 0.239. The van der Waals surface area contributed by atoms with E-state index in [1.54, 1.807) is 0 Å². The van der Waals surface area contributed by atoms with Gasteiger partial charge in [-0.25, -0.2) is 0 Å². The summed E-state index contributed by atoms with van der Waals surface area (Å²) in [5.74, 6) is 0.249. The summed E-state index contributed by atoms with van der Waals surface area (Å²) in [4.78, 5) is 16.1. The van der Waals surface area contributed by atoms with E-state index < -0.39 is 0 Å². The van der Waals surface area contributed by atoms with E-state index in [4.69, 9.17) is 0 Å². The molecule has 0 aliphatic heterocycles. The average molecular weight is 241 g/mol. The van der Waals surface area contributed by atoms with Gasteiger partial charge < -0.3 is 15.1 Å². The molecule has 0 saturated heterocycles. The lowest BCUT2D eigenvalue weighted by Crippen LogP contribution is -2.57. The van der Waals surface area contributed by atoms with Crippen LogP contribution in [-0.2, 0) is 4.79 Å². The average Bonchev–Trinajstić information content (AvgIpc) is 2.22. The normalized spacial score (nSPS) is 17.9. The van der Waals surface area contributed by atoms with Crippen molar-refractivity contribution in [3.8, 4) is 0 Å². The van der Waals surface area contributed by atoms with Crippen LogP contribution in [0.3, 0.4) is 0 Å². The molecule has 0 bridgehead atoms. The van der Waals surface area contributed by atoms with Gasteiger partial charge in [0.25, 0.3) is 0 Å². The fourth-order valence-electron chi connectivity index (χ4n) is 2.42. The van der Waals surface area contributed by atoms with Gasteiger partial charge in [0.2, 0.25) is 5.91 Å². The lowest BCUT2D eigenvalue weighted by atomic mass is 9.75. The zero-order valence-electron chi connectivity index (χ0n) is 11.8. The number of likely N-dealkylation sites (N-methyl/N-ethyl adjacent to an activating group) is 2. The first-order chi connectivity index (χ1) is 8.02. The lowest BCUT2D eigenvalue weighted by Gasteiger charge is -2.49. The first kappa shape index (κ1) is 14.5. The summed E-state index contributed by atoms with van der Waals surface area (Å²) in [7, 11) is 6.17. The minimum absolute atomic E-state index is 0.239. The number of nitrogens with one attached hydrogen (secondary N) is 1. The molecule has 0 aromatic heterocycles. The standard InChI is InChI=1S/C13H27N3O/c1-5-14-10-7-12(17)16(4)11-13(15(2)3)8-6-9-13/h14H,5-11H2,1-4H3. The summed E-state index contributed by atoms with van der Waals surface area (Å²) in [6, 6.07) is 0. The molecule has 100 valence electrons. The number of rotatable bonds is 7. The van der Waals surface area contributed by atoms with E-state index in [1.165, 1.54) is 19.3 Å². The van der Waals surface area contributed by atoms with E-state index in [9.17, 15) is 4.79 Å². The number of hydrogen-bond donors (Lipinski definition) is 1. The van der Waals surface area contributed by atoms with Crippen molar-refractivity contribution in [2.45, 2.75) is 38.1 Å². The topological polar surface area (TPSA) is 35.6 Å². The van der Waals surface area contributed by atoms with Crippen molar-refractivity contribution >= 4 is 5.91 Å². The Morgan fingerprint density at radius 2 is 1.94 bits per heavy atom. The zero-order valence-corrected chi connectivity index (χ0v) is 11.8. The smallest absolute Gasteiger partial charge is 0.223 e. The van der Waals surface area contributed by atoms with Gasteiger partial charge in [-0.1, -0.05) is 6.92 Å². The Morgan fingerprint density at radius 1 is 1.29 bits per heavy atom. The molecule has 0 unspecified atom stereocenters. The SMILES string of the molecule is CCNCCC(=O)N(C)CC1(N(C)C)CCC1. The van der Waals surface area contributed by atoms with Crippen molar-refractivity contribution in [3.05, 3.63) is 0 Å². The van der Waals surface area contributed by atoms with Crippen molar-refractivity contribution in [2.24, 2.45) is 0 Å². The predicted molar refractivity (Wildman–Crippen MR) is 71.1 cm³/mol. The van der Waals surface area contributed by atoms with Crippen LogP contribution in [0.2, 0.25) is 0 Å². The van der Waals surface area contributed by atoms with Crippen molar-refractivity contribution < 1.29 is 4.79 Å². The van der Waals surface area contributed by atoms with Crippen LogP contribution in [0.1, 0.15) is 32.6 Å². The Morgan fingerprint density at radius 3 is 2.35 bits per heavy atom. The second-order valence-electron chi connectivity index (χ2n) is 5.33. The molecule has 0 radical (unpaired) electrons. The molecule has 17 heavy (non-hydrogen) atoms. The van der Waals surface area contributed by atoms with Gasteiger partial charge in [0.1, 0.15) is 0 Å². The molecule has 1 rings (SSSR count). The highest BCUT2D eigenvalue weighted by Crippen LogP contribution is 2.36. The Bertz CT molecular complexity index is 249. The Kier molecular flexibility index (Phi) is 5.40. The van der Waals surface area contributed by atoms with Crippen LogP contribution >= 0.6 is 0 Å². The molecule has 0 spiro atoms. The fourth-order valence-corrected chi connectivity index (χ4v) is 2.42. The Labute approximate surface area is 105 Å². The molecule has 1 saturated carbocycles. The molecule has 4 nitrogen and oxygen atoms in total. The minimum atomic E-state index is 0.239. The molecule has 1 N–H and O–H groups in total. The summed E-state index contributed by atoms with van der Waals surface area (Å²) in [6.45, 7) is 4.64. The van der Waals surface area contributed by atoms with Crippen molar-refractivity contribution in [1.29, 1.82) is 0 Å². The first-order valence-corrected chi connectivity index (χ1v) is 6.64. The number of amides is 1. The third-order valence-electron chi connectivity index (χ3n) is 3.96. The third kappa shape index (κ3) is 3.68. The highest BCUT2D eigenvalue weighted by atomic mass is 16.2. The number of hydrogen-bond acceptors (Lipinski definition) is 3. The molecule has 0 atom stereocenters. The third-order valence-corrected chi connectivity index (χ3v) is 3.96. The molecule has 0 aromatic carbocycles. The molecular formula is C13H27N3O. The van der Waals surface area contributed by atoms with Gasteiger partial charge in [-0.15, -0.1) is 0 Å². The van der Waals surface area contributed by atoms with E-state index in [2.05, 4.69) is 31.2 Å². The molecule has 1 aliphatic carbocycles. The summed E-state index contributed by atoms with van der Waals surface area (Å²) in [6.07, 6.45) is 4.32. The molecular weight excluding hydrogens is 214 g/mol. The monoisotopic (exact) mass is 241 g/mol. The maximum atomic E-state index is 11.9. The van der Waals surface area contributed by atoms with E-state index in [0.29, 0.717) is 6.42 Å². The molecule has 1 aliphatic rings. The van der Waals surface area contributed by atoms with Crippen molar-refractivity contribution in [2.75, 3.05) is 40.8 Å². The number of nitrogens with zero attached hydrogens (tertiary/aromatic N) is 2. The second kappa shape index (κ2) is 6.36. The molecule has 4 heteroatoms. The second-order valence-corrected chi connectivity index (χ2v) is 5.33. The van der Waals surface area contributed by atoms with E-state index in [0.717, 1.165) is 19.6 Å². The maximum Gasteiger partial charge on any atom is 0.223 e. The molecule has 0 heterocycles. The van der Waals surface area contributed by atoms with Crippen molar-refractivity contribution in [3.63, 3.8) is 0 Å². The first-order valence-electron chi connectivity index (χ1n) is 6.64. The fraction of sp³-hybridized carbons (Fsp3) is 0.923. The maximum absolute atomic E-state index is 11.9. The minimum Gasteiger partial charge on any atom is -0.344 e. The van der Waals surface area contributed by atoms with Crippen LogP contribution in [0.5, 0.6) is 0 Å². The van der Waals surface area contributed by atoms with Gasteiger partial charge in [-0.3, -0.25) is 4.79 Å². The van der Waals surface area contributed by atoms with Gasteiger partial charge in [0, 0.05) is 32.1 Å². The summed E-state index contributed by atoms with van der Waals surface area (Å²) < 4.78 is 0. The Balaban J connectivity index is 2.37. The van der Waals surface area contributed by atoms with Crippen LogP contribution < -0.4 is 5.32 Å². The number of carbonyl (C=O) groups excluding carboxylic acids is 1. The highest BCUT2D eigenvalue weighted by molar-refractivity contribution is 5.76. The zero-order chi connectivity index (χ0) is 12.9. The molecule has 1 fully saturated rings. The largest absolute Gasteiger partial charge is 0.344 e. The van der Waals surface area contributed by atoms with Crippen molar-refractivity contribution in [1.82, 2.24) is 15.1 Å². The van der Waals surface area contributed by atoms with E-state index in [-0.39, 0.29) is 11.4 Å². The van der Waals surface area contributed by atoms with Gasteiger partial charge in [0.05, 0.1) is 0 Å². The van der Waals surface area contributed by atoms with Gasteiger partial charge in [0.15, 0.2) is 0 Å². The summed E-state index contributed by atoms with van der Waals surface area (Å²) >= 11 is 0. The van der Waals surface area contributed by atoms with Crippen LogP contribution in [0, 0.1) is 0 Å². The van der Waals surface area contributed by atoms with Crippen LogP contribution in [0.4, 0.5) is 0 Å². The van der Waals surface area contributed by atoms with Gasteiger partial charge in [-0.05, 0) is 39.9 Å². The van der Waals surface area contributed by atoms with E-state index >= 15 is 0 Å². The van der Waals surface area contributed by atoms with Gasteiger partial charge >= 0.3 is 0 Å². The summed E-state index contributed by atoms with van der Waals surface area (Å²) in [5, 5.41) is 3.19. The quantitative estimate of drug-likeness (QED) is 0.674. The Hall–Kier alpha value is -0.610.